The van der Waals surface area contributed by atoms with Crippen molar-refractivity contribution in [2.24, 2.45) is 0 Å². The molecule has 1 rings (SSSR count). The molecular formula is C6H3BF2N2O2. The van der Waals surface area contributed by atoms with Gasteiger partial charge in [0.1, 0.15) is 19.4 Å². The smallest absolute Gasteiger partial charge is 0.327 e. The first kappa shape index (κ1) is 9.43. The van der Waals surface area contributed by atoms with E-state index < -0.39 is 33.4 Å². The van der Waals surface area contributed by atoms with Crippen LogP contribution in [0.3, 0.4) is 0 Å². The number of hydrogen-bond donors (Lipinski definition) is 1. The summed E-state index contributed by atoms with van der Waals surface area (Å²) in [6, 6.07) is 0.608. The monoisotopic (exact) mass is 184 g/mol. The second kappa shape index (κ2) is 3.00. The molecule has 0 aliphatic heterocycles. The van der Waals surface area contributed by atoms with Crippen molar-refractivity contribution in [1.82, 2.24) is 0 Å². The maximum atomic E-state index is 12.9. The number of nitrogen functional groups attached to an aromatic ring is 1. The lowest BCUT2D eigenvalue weighted by molar-refractivity contribution is -0.386. The van der Waals surface area contributed by atoms with Gasteiger partial charge in [0.15, 0.2) is 5.82 Å². The molecule has 0 heterocycles. The van der Waals surface area contributed by atoms with Gasteiger partial charge >= 0.3 is 5.69 Å². The van der Waals surface area contributed by atoms with Crippen LogP contribution in [0.4, 0.5) is 20.2 Å². The SMILES string of the molecule is [B]c1c(F)cc(N)c([N+](=O)[O-])c1F. The molecule has 1 aromatic carbocycles. The van der Waals surface area contributed by atoms with Crippen LogP contribution in [0.1, 0.15) is 0 Å². The Morgan fingerprint density at radius 1 is 1.54 bits per heavy atom. The Morgan fingerprint density at radius 2 is 2.08 bits per heavy atom. The van der Waals surface area contributed by atoms with E-state index in [0.717, 1.165) is 0 Å². The Bertz CT molecular complexity index is 383. The molecule has 7 heteroatoms. The third-order valence-electron chi connectivity index (χ3n) is 1.44. The third-order valence-corrected chi connectivity index (χ3v) is 1.44. The maximum absolute atomic E-state index is 12.9. The highest BCUT2D eigenvalue weighted by atomic mass is 19.1. The number of nitrogens with two attached hydrogens (primary N) is 1. The maximum Gasteiger partial charge on any atom is 0.327 e. The second-order valence-corrected chi connectivity index (χ2v) is 2.28. The quantitative estimate of drug-likeness (QED) is 0.294. The van der Waals surface area contributed by atoms with Crippen molar-refractivity contribution in [3.05, 3.63) is 27.8 Å². The molecule has 0 saturated carbocycles. The largest absolute Gasteiger partial charge is 0.393 e. The summed E-state index contributed by atoms with van der Waals surface area (Å²) >= 11 is 0. The molecule has 0 unspecified atom stereocenters. The lowest BCUT2D eigenvalue weighted by Gasteiger charge is -2.02. The summed E-state index contributed by atoms with van der Waals surface area (Å²) in [5.41, 5.74) is 2.52. The molecule has 0 bridgehead atoms. The zero-order chi connectivity index (χ0) is 10.2. The summed E-state index contributed by atoms with van der Waals surface area (Å²) in [5, 5.41) is 10.2. The zero-order valence-electron chi connectivity index (χ0n) is 6.25. The molecule has 0 atom stereocenters. The number of anilines is 1. The van der Waals surface area contributed by atoms with Crippen LogP contribution >= 0.6 is 0 Å². The second-order valence-electron chi connectivity index (χ2n) is 2.28. The van der Waals surface area contributed by atoms with E-state index in [4.69, 9.17) is 13.6 Å². The minimum atomic E-state index is -1.44. The molecule has 2 N–H and O–H groups in total. The molecular weight excluding hydrogens is 181 g/mol. The number of rotatable bonds is 1. The average molecular weight is 184 g/mol. The molecule has 66 valence electrons. The highest BCUT2D eigenvalue weighted by Crippen LogP contribution is 2.23. The number of benzene rings is 1. The van der Waals surface area contributed by atoms with Crippen molar-refractivity contribution < 1.29 is 13.7 Å². The van der Waals surface area contributed by atoms with Crippen LogP contribution in [-0.2, 0) is 0 Å². The van der Waals surface area contributed by atoms with Gasteiger partial charge in [0.2, 0.25) is 0 Å². The van der Waals surface area contributed by atoms with E-state index in [-0.39, 0.29) is 0 Å². The molecule has 4 nitrogen and oxygen atoms in total. The Balaban J connectivity index is 3.53. The molecule has 1 aromatic rings. The van der Waals surface area contributed by atoms with Crippen molar-refractivity contribution in [3.8, 4) is 0 Å². The number of nitro benzene ring substituents is 1. The standard InChI is InChI=1S/C6H3BF2N2O2/c7-4-2(8)1-3(10)6(5(4)9)11(12)13/h1H,10H2. The van der Waals surface area contributed by atoms with Gasteiger partial charge in [0.25, 0.3) is 0 Å². The number of halogens is 2. The fraction of sp³-hybridized carbons (Fsp3) is 0. The van der Waals surface area contributed by atoms with Crippen molar-refractivity contribution in [2.45, 2.75) is 0 Å². The van der Waals surface area contributed by atoms with E-state index in [2.05, 4.69) is 0 Å². The summed E-state index contributed by atoms with van der Waals surface area (Å²) in [5.74, 6) is -2.55. The predicted octanol–water partition coefficient (Wildman–Crippen LogP) is 0.249. The van der Waals surface area contributed by atoms with Crippen LogP contribution in [0.2, 0.25) is 0 Å². The lowest BCUT2D eigenvalue weighted by atomic mass is 9.93. The Morgan fingerprint density at radius 3 is 2.54 bits per heavy atom. The van der Waals surface area contributed by atoms with Crippen molar-refractivity contribution in [2.75, 3.05) is 5.73 Å². The van der Waals surface area contributed by atoms with Crippen LogP contribution in [0, 0.1) is 21.7 Å². The first-order chi connectivity index (χ1) is 5.95. The third kappa shape index (κ3) is 1.44. The molecule has 0 amide bonds. The summed E-state index contributed by atoms with van der Waals surface area (Å²) in [6.07, 6.45) is 0. The molecule has 0 aromatic heterocycles. The van der Waals surface area contributed by atoms with Gasteiger partial charge < -0.3 is 5.73 Å². The van der Waals surface area contributed by atoms with Crippen LogP contribution in [0.25, 0.3) is 0 Å². The minimum absolute atomic E-state index is 0.589. The first-order valence-corrected chi connectivity index (χ1v) is 3.12. The van der Waals surface area contributed by atoms with Gasteiger partial charge in [-0.25, -0.2) is 4.39 Å². The van der Waals surface area contributed by atoms with E-state index in [9.17, 15) is 18.9 Å². The topological polar surface area (TPSA) is 69.2 Å². The van der Waals surface area contributed by atoms with Crippen LogP contribution in [-0.4, -0.2) is 12.8 Å². The highest BCUT2D eigenvalue weighted by molar-refractivity contribution is 6.33. The van der Waals surface area contributed by atoms with Crippen molar-refractivity contribution in [3.63, 3.8) is 0 Å². The number of hydrogen-bond acceptors (Lipinski definition) is 3. The van der Waals surface area contributed by atoms with E-state index in [1.165, 1.54) is 0 Å². The molecule has 0 fully saturated rings. The van der Waals surface area contributed by atoms with Gasteiger partial charge in [-0.3, -0.25) is 10.1 Å². The molecule has 0 saturated heterocycles. The van der Waals surface area contributed by atoms with E-state index >= 15 is 0 Å². The van der Waals surface area contributed by atoms with Crippen molar-refractivity contribution in [1.29, 1.82) is 0 Å². The van der Waals surface area contributed by atoms with Crippen LogP contribution < -0.4 is 11.2 Å². The summed E-state index contributed by atoms with van der Waals surface area (Å²) in [6.45, 7) is 0. The van der Waals surface area contributed by atoms with Gasteiger partial charge in [-0.05, 0) is 5.46 Å². The molecule has 0 spiro atoms. The lowest BCUT2D eigenvalue weighted by Crippen LogP contribution is -2.17. The number of nitro groups is 1. The average Bonchev–Trinajstić information content (AvgIpc) is 1.99. The summed E-state index contributed by atoms with van der Waals surface area (Å²) in [7, 11) is 4.88. The van der Waals surface area contributed by atoms with E-state index in [1.54, 1.807) is 0 Å². The van der Waals surface area contributed by atoms with E-state index in [0.29, 0.717) is 6.07 Å². The predicted molar refractivity (Wildman–Crippen MR) is 42.8 cm³/mol. The summed E-state index contributed by atoms with van der Waals surface area (Å²) < 4.78 is 25.5. The summed E-state index contributed by atoms with van der Waals surface area (Å²) in [4.78, 5) is 9.16. The van der Waals surface area contributed by atoms with E-state index in [1.807, 2.05) is 0 Å². The number of nitrogens with zero attached hydrogens (tertiary/aromatic N) is 1. The minimum Gasteiger partial charge on any atom is -0.393 e. The molecule has 0 aliphatic carbocycles. The van der Waals surface area contributed by atoms with Gasteiger partial charge in [-0.15, -0.1) is 0 Å². The zero-order valence-corrected chi connectivity index (χ0v) is 6.25. The Labute approximate surface area is 72.9 Å². The fourth-order valence-electron chi connectivity index (χ4n) is 0.827. The van der Waals surface area contributed by atoms with Gasteiger partial charge in [0, 0.05) is 6.07 Å². The van der Waals surface area contributed by atoms with Crippen molar-refractivity contribution >= 4 is 24.7 Å². The molecule has 13 heavy (non-hydrogen) atoms. The molecule has 2 radical (unpaired) electrons. The van der Waals surface area contributed by atoms with Gasteiger partial charge in [-0.2, -0.15) is 4.39 Å². The Kier molecular flexibility index (Phi) is 2.18. The highest BCUT2D eigenvalue weighted by Gasteiger charge is 2.22. The van der Waals surface area contributed by atoms with Crippen LogP contribution in [0.15, 0.2) is 6.07 Å². The molecule has 0 aliphatic rings. The van der Waals surface area contributed by atoms with Crippen LogP contribution in [0.5, 0.6) is 0 Å². The normalized spacial score (nSPS) is 10.0. The van der Waals surface area contributed by atoms with Gasteiger partial charge in [-0.1, -0.05) is 0 Å². The Hall–Kier alpha value is -1.66. The first-order valence-electron chi connectivity index (χ1n) is 3.12. The fourth-order valence-corrected chi connectivity index (χ4v) is 0.827. The van der Waals surface area contributed by atoms with Gasteiger partial charge in [0.05, 0.1) is 4.92 Å².